The van der Waals surface area contributed by atoms with Gasteiger partial charge in [0.05, 0.1) is 17.9 Å². The highest BCUT2D eigenvalue weighted by Gasteiger charge is 2.37. The van der Waals surface area contributed by atoms with Crippen molar-refractivity contribution < 1.29 is 9.59 Å². The first-order chi connectivity index (χ1) is 12.7. The smallest absolute Gasteiger partial charge is 0.241 e. The summed E-state index contributed by atoms with van der Waals surface area (Å²) in [6, 6.07) is 16.2. The van der Waals surface area contributed by atoms with Gasteiger partial charge in [-0.2, -0.15) is 5.26 Å². The average Bonchev–Trinajstić information content (AvgIpc) is 2.67. The van der Waals surface area contributed by atoms with E-state index < -0.39 is 17.5 Å². The minimum absolute atomic E-state index is 0.132. The van der Waals surface area contributed by atoms with Crippen LogP contribution in [0.15, 0.2) is 54.7 Å². The Labute approximate surface area is 155 Å². The molecule has 0 bridgehead atoms. The molecule has 3 rings (SSSR count). The van der Waals surface area contributed by atoms with Gasteiger partial charge in [0.2, 0.25) is 11.8 Å². The summed E-state index contributed by atoms with van der Waals surface area (Å²) in [4.78, 5) is 28.3. The van der Waals surface area contributed by atoms with Crippen LogP contribution in [0.4, 0.5) is 5.82 Å². The predicted molar refractivity (Wildman–Crippen MR) is 98.7 cm³/mol. The van der Waals surface area contributed by atoms with Crippen molar-refractivity contribution in [2.45, 2.75) is 11.5 Å². The molecule has 8 heteroatoms. The lowest BCUT2D eigenvalue weighted by Crippen LogP contribution is -2.56. The minimum Gasteiger partial charge on any atom is -0.331 e. The maximum absolute atomic E-state index is 12.3. The van der Waals surface area contributed by atoms with E-state index in [2.05, 4.69) is 20.9 Å². The van der Waals surface area contributed by atoms with Gasteiger partial charge in [0.15, 0.2) is 0 Å². The number of amides is 2. The van der Waals surface area contributed by atoms with E-state index in [-0.39, 0.29) is 17.6 Å². The molecule has 1 aliphatic rings. The summed E-state index contributed by atoms with van der Waals surface area (Å²) in [5.74, 6) is -0.777. The zero-order valence-electron chi connectivity index (χ0n) is 13.8. The molecule has 3 N–H and O–H groups in total. The van der Waals surface area contributed by atoms with Gasteiger partial charge in [0.25, 0.3) is 0 Å². The SMILES string of the molecule is N#CC1C(=O)NC(SCC(=O)Nc2ccccn2)NC1c1ccccc1. The Morgan fingerprint density at radius 3 is 2.69 bits per heavy atom. The number of carbonyl (C=O) groups is 2. The Kier molecular flexibility index (Phi) is 5.84. The van der Waals surface area contributed by atoms with E-state index in [1.807, 2.05) is 36.4 Å². The van der Waals surface area contributed by atoms with Crippen molar-refractivity contribution in [2.24, 2.45) is 5.92 Å². The van der Waals surface area contributed by atoms with Crippen LogP contribution in [0.1, 0.15) is 11.6 Å². The number of benzene rings is 1. The van der Waals surface area contributed by atoms with Crippen LogP contribution in [0.25, 0.3) is 0 Å². The Morgan fingerprint density at radius 2 is 2.00 bits per heavy atom. The third-order valence-corrected chi connectivity index (χ3v) is 4.85. The van der Waals surface area contributed by atoms with Gasteiger partial charge in [-0.15, -0.1) is 11.8 Å². The molecule has 2 aromatic rings. The van der Waals surface area contributed by atoms with Crippen LogP contribution in [0.2, 0.25) is 0 Å². The normalized spacial score (nSPS) is 22.1. The molecule has 0 radical (unpaired) electrons. The third kappa shape index (κ3) is 4.39. The second kappa shape index (κ2) is 8.47. The van der Waals surface area contributed by atoms with Crippen LogP contribution < -0.4 is 16.0 Å². The molecule has 2 amide bonds. The number of pyridine rings is 1. The number of thioether (sulfide) groups is 1. The molecule has 3 unspecified atom stereocenters. The van der Waals surface area contributed by atoms with E-state index in [1.54, 1.807) is 24.4 Å². The number of nitrogens with zero attached hydrogens (tertiary/aromatic N) is 2. The number of anilines is 1. The molecule has 3 atom stereocenters. The second-order valence-electron chi connectivity index (χ2n) is 5.62. The summed E-state index contributed by atoms with van der Waals surface area (Å²) in [5, 5.41) is 18.0. The Balaban J connectivity index is 1.61. The van der Waals surface area contributed by atoms with Crippen molar-refractivity contribution in [3.63, 3.8) is 0 Å². The molecule has 1 saturated heterocycles. The largest absolute Gasteiger partial charge is 0.331 e. The van der Waals surface area contributed by atoms with Crippen molar-refractivity contribution >= 4 is 29.4 Å². The van der Waals surface area contributed by atoms with Gasteiger partial charge in [-0.05, 0) is 17.7 Å². The van der Waals surface area contributed by atoms with Crippen LogP contribution in [0.3, 0.4) is 0 Å². The van der Waals surface area contributed by atoms with Gasteiger partial charge >= 0.3 is 0 Å². The Bertz CT molecular complexity index is 809. The molecule has 1 aliphatic heterocycles. The first-order valence-corrected chi connectivity index (χ1v) is 9.06. The fourth-order valence-electron chi connectivity index (χ4n) is 2.62. The highest BCUT2D eigenvalue weighted by atomic mass is 32.2. The van der Waals surface area contributed by atoms with Crippen LogP contribution in [0.5, 0.6) is 0 Å². The zero-order chi connectivity index (χ0) is 18.4. The van der Waals surface area contributed by atoms with Crippen LogP contribution in [0, 0.1) is 17.2 Å². The lowest BCUT2D eigenvalue weighted by atomic mass is 9.92. The molecule has 1 fully saturated rings. The fourth-order valence-corrected chi connectivity index (χ4v) is 3.45. The molecule has 132 valence electrons. The Hall–Kier alpha value is -2.89. The molecule has 2 heterocycles. The van der Waals surface area contributed by atoms with Gasteiger partial charge in [-0.25, -0.2) is 4.98 Å². The molecule has 0 saturated carbocycles. The first kappa shape index (κ1) is 17.9. The summed E-state index contributed by atoms with van der Waals surface area (Å²) in [6.45, 7) is 0. The topological polar surface area (TPSA) is 107 Å². The molecule has 0 spiro atoms. The third-order valence-electron chi connectivity index (χ3n) is 3.83. The van der Waals surface area contributed by atoms with E-state index in [0.29, 0.717) is 5.82 Å². The summed E-state index contributed by atoms with van der Waals surface area (Å²) in [6.07, 6.45) is 1.60. The maximum atomic E-state index is 12.3. The standard InChI is InChI=1S/C18H17N5O2S/c19-10-13-16(12-6-2-1-3-7-12)22-18(23-17(13)25)26-11-15(24)21-14-8-4-5-9-20-14/h1-9,13,16,18,22H,11H2,(H,23,25)(H,20,21,24). The van der Waals surface area contributed by atoms with Crippen LogP contribution >= 0.6 is 11.8 Å². The lowest BCUT2D eigenvalue weighted by molar-refractivity contribution is -0.126. The van der Waals surface area contributed by atoms with Crippen molar-refractivity contribution in [3.8, 4) is 6.07 Å². The molecular formula is C18H17N5O2S. The van der Waals surface area contributed by atoms with Gasteiger partial charge in [0.1, 0.15) is 17.2 Å². The highest BCUT2D eigenvalue weighted by molar-refractivity contribution is 8.00. The average molecular weight is 367 g/mol. The maximum Gasteiger partial charge on any atom is 0.241 e. The molecular weight excluding hydrogens is 350 g/mol. The van der Waals surface area contributed by atoms with Crippen molar-refractivity contribution in [2.75, 3.05) is 11.1 Å². The van der Waals surface area contributed by atoms with Crippen molar-refractivity contribution in [1.82, 2.24) is 15.6 Å². The number of aromatic nitrogens is 1. The quantitative estimate of drug-likeness (QED) is 0.742. The van der Waals surface area contributed by atoms with Gasteiger partial charge < -0.3 is 10.6 Å². The van der Waals surface area contributed by atoms with E-state index >= 15 is 0 Å². The first-order valence-electron chi connectivity index (χ1n) is 8.01. The molecule has 0 aliphatic carbocycles. The number of hydrogen-bond acceptors (Lipinski definition) is 6. The molecule has 26 heavy (non-hydrogen) atoms. The fraction of sp³-hybridized carbons (Fsp3) is 0.222. The van der Waals surface area contributed by atoms with Gasteiger partial charge in [-0.1, -0.05) is 36.4 Å². The number of rotatable bonds is 5. The number of nitrogens with one attached hydrogen (secondary N) is 3. The number of hydrogen-bond donors (Lipinski definition) is 3. The summed E-state index contributed by atoms with van der Waals surface area (Å²) < 4.78 is 0. The van der Waals surface area contributed by atoms with Gasteiger partial charge in [-0.3, -0.25) is 14.9 Å². The van der Waals surface area contributed by atoms with Crippen molar-refractivity contribution in [1.29, 1.82) is 5.26 Å². The number of nitriles is 1. The number of carbonyl (C=O) groups excluding carboxylic acids is 2. The second-order valence-corrected chi connectivity index (χ2v) is 6.72. The lowest BCUT2D eigenvalue weighted by Gasteiger charge is -2.34. The van der Waals surface area contributed by atoms with E-state index in [9.17, 15) is 14.9 Å². The van der Waals surface area contributed by atoms with E-state index in [4.69, 9.17) is 0 Å². The summed E-state index contributed by atoms with van der Waals surface area (Å²) >= 11 is 1.25. The molecule has 1 aromatic carbocycles. The summed E-state index contributed by atoms with van der Waals surface area (Å²) in [5.41, 5.74) is 0.393. The van der Waals surface area contributed by atoms with Crippen molar-refractivity contribution in [3.05, 3.63) is 60.3 Å². The molecule has 1 aromatic heterocycles. The minimum atomic E-state index is -0.823. The molecule has 7 nitrogen and oxygen atoms in total. The zero-order valence-corrected chi connectivity index (χ0v) is 14.6. The summed E-state index contributed by atoms with van der Waals surface area (Å²) in [7, 11) is 0. The Morgan fingerprint density at radius 1 is 1.23 bits per heavy atom. The monoisotopic (exact) mass is 367 g/mol. The van der Waals surface area contributed by atoms with Crippen LogP contribution in [-0.2, 0) is 9.59 Å². The van der Waals surface area contributed by atoms with Crippen LogP contribution in [-0.4, -0.2) is 28.0 Å². The van der Waals surface area contributed by atoms with Gasteiger partial charge in [0, 0.05) is 6.20 Å². The highest BCUT2D eigenvalue weighted by Crippen LogP contribution is 2.27. The predicted octanol–water partition coefficient (Wildman–Crippen LogP) is 1.64. The van der Waals surface area contributed by atoms with E-state index in [0.717, 1.165) is 5.56 Å². The van der Waals surface area contributed by atoms with E-state index in [1.165, 1.54) is 11.8 Å².